The molecule has 20 heavy (non-hydrogen) atoms. The number of hydrogen-bond acceptors (Lipinski definition) is 4. The molecule has 4 heteroatoms. The molecular formula is C16H29NO3. The molecule has 0 heterocycles. The van der Waals surface area contributed by atoms with E-state index in [0.29, 0.717) is 12.5 Å². The number of hydrogen-bond donors (Lipinski definition) is 1. The number of carbonyl (C=O) groups is 1. The fraction of sp³-hybridized carbons (Fsp3) is 0.938. The Bertz CT molecular complexity index is 317. The first-order chi connectivity index (χ1) is 9.73. The van der Waals surface area contributed by atoms with E-state index in [0.717, 1.165) is 44.8 Å². The maximum Gasteiger partial charge on any atom is 0.326 e. The van der Waals surface area contributed by atoms with Crippen LogP contribution in [0, 0.1) is 11.8 Å². The van der Waals surface area contributed by atoms with E-state index >= 15 is 0 Å². The van der Waals surface area contributed by atoms with Crippen LogP contribution in [0.3, 0.4) is 0 Å². The van der Waals surface area contributed by atoms with Gasteiger partial charge in [-0.05, 0) is 51.5 Å². The standard InChI is InChI=1S/C16H29NO3/c1-3-20-15(18)16(17-2)10-4-5-14(16)9-12-19-11-8-13-6-7-13/h13-14,17H,3-12H2,1-2H3. The minimum Gasteiger partial charge on any atom is -0.465 e. The fourth-order valence-corrected chi connectivity index (χ4v) is 3.41. The number of carbonyl (C=O) groups excluding carboxylic acids is 1. The lowest BCUT2D eigenvalue weighted by atomic mass is 9.85. The topological polar surface area (TPSA) is 47.6 Å². The summed E-state index contributed by atoms with van der Waals surface area (Å²) in [6, 6.07) is 0. The average molecular weight is 283 g/mol. The van der Waals surface area contributed by atoms with Crippen molar-refractivity contribution in [1.29, 1.82) is 0 Å². The smallest absolute Gasteiger partial charge is 0.326 e. The lowest BCUT2D eigenvalue weighted by Gasteiger charge is -2.32. The Morgan fingerprint density at radius 1 is 1.25 bits per heavy atom. The number of rotatable bonds is 9. The van der Waals surface area contributed by atoms with Gasteiger partial charge < -0.3 is 14.8 Å². The lowest BCUT2D eigenvalue weighted by Crippen LogP contribution is -2.54. The molecule has 116 valence electrons. The number of ether oxygens (including phenoxy) is 2. The Balaban J connectivity index is 1.76. The largest absolute Gasteiger partial charge is 0.465 e. The van der Waals surface area contributed by atoms with Crippen LogP contribution in [-0.4, -0.2) is 38.4 Å². The summed E-state index contributed by atoms with van der Waals surface area (Å²) in [7, 11) is 1.88. The third-order valence-corrected chi connectivity index (χ3v) is 4.88. The summed E-state index contributed by atoms with van der Waals surface area (Å²) in [5.41, 5.74) is -0.476. The van der Waals surface area contributed by atoms with E-state index in [1.54, 1.807) is 0 Å². The van der Waals surface area contributed by atoms with Crippen LogP contribution in [0.1, 0.15) is 51.9 Å². The molecule has 0 spiro atoms. The second-order valence-electron chi connectivity index (χ2n) is 6.16. The molecule has 2 rings (SSSR count). The van der Waals surface area contributed by atoms with Gasteiger partial charge in [0.2, 0.25) is 0 Å². The Kier molecular flexibility index (Phi) is 5.85. The van der Waals surface area contributed by atoms with Gasteiger partial charge in [0.25, 0.3) is 0 Å². The van der Waals surface area contributed by atoms with Gasteiger partial charge in [-0.1, -0.05) is 19.3 Å². The highest BCUT2D eigenvalue weighted by Gasteiger charge is 2.48. The highest BCUT2D eigenvalue weighted by atomic mass is 16.5. The molecule has 4 nitrogen and oxygen atoms in total. The highest BCUT2D eigenvalue weighted by molar-refractivity contribution is 5.81. The maximum absolute atomic E-state index is 12.3. The van der Waals surface area contributed by atoms with Crippen molar-refractivity contribution in [2.45, 2.75) is 57.4 Å². The second-order valence-corrected chi connectivity index (χ2v) is 6.16. The SMILES string of the molecule is CCOC(=O)C1(NC)CCCC1CCOCCC1CC1. The second kappa shape index (κ2) is 7.41. The molecule has 0 radical (unpaired) electrons. The van der Waals surface area contributed by atoms with Gasteiger partial charge >= 0.3 is 5.97 Å². The molecule has 2 saturated carbocycles. The molecular weight excluding hydrogens is 254 g/mol. The first kappa shape index (κ1) is 15.8. The van der Waals surface area contributed by atoms with Crippen LogP contribution in [0.2, 0.25) is 0 Å². The summed E-state index contributed by atoms with van der Waals surface area (Å²) in [5, 5.41) is 3.25. The lowest BCUT2D eigenvalue weighted by molar-refractivity contribution is -0.153. The zero-order valence-corrected chi connectivity index (χ0v) is 13.0. The van der Waals surface area contributed by atoms with Crippen LogP contribution in [-0.2, 0) is 14.3 Å². The van der Waals surface area contributed by atoms with E-state index in [-0.39, 0.29) is 5.97 Å². The molecule has 2 atom stereocenters. The third kappa shape index (κ3) is 3.73. The zero-order valence-electron chi connectivity index (χ0n) is 13.0. The molecule has 0 aliphatic heterocycles. The van der Waals surface area contributed by atoms with Crippen LogP contribution in [0.25, 0.3) is 0 Å². The van der Waals surface area contributed by atoms with E-state index in [9.17, 15) is 4.79 Å². The Morgan fingerprint density at radius 3 is 2.65 bits per heavy atom. The number of nitrogens with one attached hydrogen (secondary N) is 1. The van der Waals surface area contributed by atoms with Gasteiger partial charge in [-0.25, -0.2) is 0 Å². The first-order valence-electron chi connectivity index (χ1n) is 8.16. The molecule has 2 fully saturated rings. The van der Waals surface area contributed by atoms with Crippen molar-refractivity contribution in [3.8, 4) is 0 Å². The molecule has 0 amide bonds. The van der Waals surface area contributed by atoms with Gasteiger partial charge in [-0.3, -0.25) is 4.79 Å². The number of likely N-dealkylation sites (N-methyl/N-ethyl adjacent to an activating group) is 1. The van der Waals surface area contributed by atoms with Crippen LogP contribution < -0.4 is 5.32 Å². The summed E-state index contributed by atoms with van der Waals surface area (Å²) in [4.78, 5) is 12.3. The normalized spacial score (nSPS) is 29.6. The molecule has 1 N–H and O–H groups in total. The third-order valence-electron chi connectivity index (χ3n) is 4.88. The quantitative estimate of drug-likeness (QED) is 0.522. The Hall–Kier alpha value is -0.610. The van der Waals surface area contributed by atoms with E-state index in [4.69, 9.17) is 9.47 Å². The first-order valence-corrected chi connectivity index (χ1v) is 8.16. The average Bonchev–Trinajstić information content (AvgIpc) is 3.17. The molecule has 0 aromatic carbocycles. The maximum atomic E-state index is 12.3. The van der Waals surface area contributed by atoms with Gasteiger partial charge in [0.15, 0.2) is 0 Å². The van der Waals surface area contributed by atoms with Crippen molar-refractivity contribution in [3.63, 3.8) is 0 Å². The van der Waals surface area contributed by atoms with Crippen molar-refractivity contribution < 1.29 is 14.3 Å². The molecule has 2 aliphatic rings. The summed E-state index contributed by atoms with van der Waals surface area (Å²) in [6.45, 7) is 3.96. The van der Waals surface area contributed by atoms with Crippen LogP contribution >= 0.6 is 0 Å². The van der Waals surface area contributed by atoms with Crippen molar-refractivity contribution in [2.75, 3.05) is 26.9 Å². The summed E-state index contributed by atoms with van der Waals surface area (Å²) < 4.78 is 11.0. The molecule has 2 aliphatic carbocycles. The van der Waals surface area contributed by atoms with Gasteiger partial charge in [0.1, 0.15) is 5.54 Å². The van der Waals surface area contributed by atoms with E-state index in [1.807, 2.05) is 14.0 Å². The fourth-order valence-electron chi connectivity index (χ4n) is 3.41. The zero-order chi connectivity index (χ0) is 14.4. The van der Waals surface area contributed by atoms with Crippen LogP contribution in [0.4, 0.5) is 0 Å². The highest BCUT2D eigenvalue weighted by Crippen LogP contribution is 2.39. The predicted octanol–water partition coefficient (Wildman–Crippen LogP) is 2.51. The summed E-state index contributed by atoms with van der Waals surface area (Å²) in [5.74, 6) is 1.19. The van der Waals surface area contributed by atoms with Crippen LogP contribution in [0.5, 0.6) is 0 Å². The molecule has 0 bridgehead atoms. The van der Waals surface area contributed by atoms with E-state index in [2.05, 4.69) is 5.32 Å². The number of esters is 1. The molecule has 0 aromatic heterocycles. The summed E-state index contributed by atoms with van der Waals surface area (Å²) in [6.07, 6.45) is 7.99. The minimum atomic E-state index is -0.476. The van der Waals surface area contributed by atoms with E-state index in [1.165, 1.54) is 19.3 Å². The van der Waals surface area contributed by atoms with Gasteiger partial charge in [0, 0.05) is 13.2 Å². The van der Waals surface area contributed by atoms with Crippen molar-refractivity contribution in [1.82, 2.24) is 5.32 Å². The molecule has 0 saturated heterocycles. The van der Waals surface area contributed by atoms with Crippen molar-refractivity contribution in [3.05, 3.63) is 0 Å². The van der Waals surface area contributed by atoms with Gasteiger partial charge in [-0.2, -0.15) is 0 Å². The van der Waals surface area contributed by atoms with Crippen molar-refractivity contribution >= 4 is 5.97 Å². The monoisotopic (exact) mass is 283 g/mol. The van der Waals surface area contributed by atoms with Crippen molar-refractivity contribution in [2.24, 2.45) is 11.8 Å². The Labute approximate surface area is 122 Å². The van der Waals surface area contributed by atoms with Crippen LogP contribution in [0.15, 0.2) is 0 Å². The van der Waals surface area contributed by atoms with Gasteiger partial charge in [-0.15, -0.1) is 0 Å². The molecule has 0 aromatic rings. The summed E-state index contributed by atoms with van der Waals surface area (Å²) >= 11 is 0. The molecule has 2 unspecified atom stereocenters. The van der Waals surface area contributed by atoms with Gasteiger partial charge in [0.05, 0.1) is 6.61 Å². The van der Waals surface area contributed by atoms with E-state index < -0.39 is 5.54 Å². The minimum absolute atomic E-state index is 0.0806. The predicted molar refractivity (Wildman–Crippen MR) is 78.5 cm³/mol. The Morgan fingerprint density at radius 2 is 2.00 bits per heavy atom.